The molecule has 0 spiro atoms. The van der Waals surface area contributed by atoms with Crippen molar-refractivity contribution in [3.05, 3.63) is 0 Å². The maximum Gasteiger partial charge on any atom is 0.312 e. The minimum atomic E-state index is -0.379. The van der Waals surface area contributed by atoms with E-state index >= 15 is 0 Å². The second-order valence-electron chi connectivity index (χ2n) is 4.64. The summed E-state index contributed by atoms with van der Waals surface area (Å²) in [7, 11) is 0. The Hall–Kier alpha value is -0.730. The van der Waals surface area contributed by atoms with Crippen LogP contribution in [-0.4, -0.2) is 12.1 Å². The summed E-state index contributed by atoms with van der Waals surface area (Å²) >= 11 is 0. The zero-order valence-electron chi connectivity index (χ0n) is 8.12. The van der Waals surface area contributed by atoms with Gasteiger partial charge in [-0.25, -0.2) is 4.79 Å². The predicted molar refractivity (Wildman–Crippen MR) is 51.1 cm³/mol. The zero-order valence-corrected chi connectivity index (χ0v) is 8.12. The van der Waals surface area contributed by atoms with E-state index in [2.05, 4.69) is 12.2 Å². The van der Waals surface area contributed by atoms with Gasteiger partial charge in [0.1, 0.15) is 0 Å². The second kappa shape index (κ2) is 3.20. The fraction of sp³-hybridized carbons (Fsp3) is 0.900. The summed E-state index contributed by atoms with van der Waals surface area (Å²) < 4.78 is 0. The van der Waals surface area contributed by atoms with Crippen LogP contribution in [0, 0.1) is 17.8 Å². The normalized spacial score (nSPS) is 39.0. The Bertz CT molecular complexity index is 217. The van der Waals surface area contributed by atoms with E-state index in [1.165, 1.54) is 25.7 Å². The fourth-order valence-electron chi connectivity index (χ4n) is 3.24. The molecule has 0 aromatic carbocycles. The van der Waals surface area contributed by atoms with Gasteiger partial charge in [-0.1, -0.05) is 6.42 Å². The lowest BCUT2D eigenvalue weighted by molar-refractivity contribution is 0.227. The van der Waals surface area contributed by atoms with Crippen molar-refractivity contribution >= 4 is 6.03 Å². The highest BCUT2D eigenvalue weighted by atomic mass is 16.2. The van der Waals surface area contributed by atoms with Gasteiger partial charge in [0.2, 0.25) is 0 Å². The summed E-state index contributed by atoms with van der Waals surface area (Å²) in [5.74, 6) is 2.48. The summed E-state index contributed by atoms with van der Waals surface area (Å²) in [5.41, 5.74) is 5.11. The first-order chi connectivity index (χ1) is 6.16. The van der Waals surface area contributed by atoms with Crippen LogP contribution in [0.5, 0.6) is 0 Å². The number of hydrogen-bond donors (Lipinski definition) is 2. The summed E-state index contributed by atoms with van der Waals surface area (Å²) in [6, 6.07) is -0.108. The molecular weight excluding hydrogens is 164 g/mol. The van der Waals surface area contributed by atoms with Crippen molar-refractivity contribution in [2.75, 3.05) is 0 Å². The van der Waals surface area contributed by atoms with Crippen LogP contribution < -0.4 is 11.1 Å². The van der Waals surface area contributed by atoms with Gasteiger partial charge in [-0.2, -0.15) is 0 Å². The first-order valence-electron chi connectivity index (χ1n) is 5.22. The van der Waals surface area contributed by atoms with E-state index in [0.29, 0.717) is 5.92 Å². The molecule has 2 rings (SSSR count). The molecule has 0 radical (unpaired) electrons. The highest BCUT2D eigenvalue weighted by Crippen LogP contribution is 2.49. The molecule has 2 aliphatic carbocycles. The molecule has 2 amide bonds. The minimum Gasteiger partial charge on any atom is -0.352 e. The summed E-state index contributed by atoms with van der Waals surface area (Å²) in [6.07, 6.45) is 5.45. The van der Waals surface area contributed by atoms with Crippen LogP contribution in [-0.2, 0) is 0 Å². The molecule has 3 nitrogen and oxygen atoms in total. The lowest BCUT2D eigenvalue weighted by Crippen LogP contribution is -2.42. The van der Waals surface area contributed by atoms with Crippen molar-refractivity contribution in [1.29, 1.82) is 0 Å². The van der Waals surface area contributed by atoms with Gasteiger partial charge in [-0.15, -0.1) is 0 Å². The van der Waals surface area contributed by atoms with Gasteiger partial charge in [0, 0.05) is 6.04 Å². The number of rotatable bonds is 2. The third-order valence-corrected chi connectivity index (χ3v) is 3.80. The number of primary amides is 1. The molecule has 3 N–H and O–H groups in total. The number of amides is 2. The van der Waals surface area contributed by atoms with Gasteiger partial charge in [0.25, 0.3) is 0 Å². The molecule has 0 heterocycles. The van der Waals surface area contributed by atoms with Gasteiger partial charge in [-0.05, 0) is 43.9 Å². The Balaban J connectivity index is 1.91. The van der Waals surface area contributed by atoms with Crippen molar-refractivity contribution in [2.45, 2.75) is 38.6 Å². The summed E-state index contributed by atoms with van der Waals surface area (Å²) in [5, 5.41) is 2.81. The topological polar surface area (TPSA) is 55.1 Å². The summed E-state index contributed by atoms with van der Waals surface area (Å²) in [4.78, 5) is 10.7. The predicted octanol–water partition coefficient (Wildman–Crippen LogP) is 1.48. The quantitative estimate of drug-likeness (QED) is 0.667. The first-order valence-corrected chi connectivity index (χ1v) is 5.22. The van der Waals surface area contributed by atoms with Gasteiger partial charge >= 0.3 is 6.03 Å². The molecule has 0 saturated heterocycles. The number of nitrogens with one attached hydrogen (secondary N) is 1. The Kier molecular flexibility index (Phi) is 2.18. The van der Waals surface area contributed by atoms with E-state index < -0.39 is 0 Å². The van der Waals surface area contributed by atoms with Crippen LogP contribution in [0.1, 0.15) is 32.6 Å². The molecule has 0 aliphatic heterocycles. The van der Waals surface area contributed by atoms with E-state index in [0.717, 1.165) is 11.8 Å². The van der Waals surface area contributed by atoms with Crippen LogP contribution >= 0.6 is 0 Å². The van der Waals surface area contributed by atoms with Crippen molar-refractivity contribution in [3.8, 4) is 0 Å². The first kappa shape index (κ1) is 8.85. The lowest BCUT2D eigenvalue weighted by atomic mass is 9.84. The number of carbonyl (C=O) groups is 1. The largest absolute Gasteiger partial charge is 0.352 e. The van der Waals surface area contributed by atoms with E-state index in [4.69, 9.17) is 5.73 Å². The molecule has 2 bridgehead atoms. The zero-order chi connectivity index (χ0) is 9.42. The molecule has 3 heteroatoms. The molecule has 74 valence electrons. The van der Waals surface area contributed by atoms with E-state index in [-0.39, 0.29) is 12.1 Å². The van der Waals surface area contributed by atoms with E-state index in [1.54, 1.807) is 0 Å². The van der Waals surface area contributed by atoms with Crippen LogP contribution in [0.4, 0.5) is 4.79 Å². The average Bonchev–Trinajstić information content (AvgIpc) is 2.62. The molecule has 0 aromatic rings. The lowest BCUT2D eigenvalue weighted by Gasteiger charge is -2.27. The molecular formula is C10H18N2O. The third kappa shape index (κ3) is 1.64. The number of nitrogens with two attached hydrogens (primary N) is 1. The van der Waals surface area contributed by atoms with Crippen molar-refractivity contribution in [3.63, 3.8) is 0 Å². The van der Waals surface area contributed by atoms with Gasteiger partial charge in [-0.3, -0.25) is 0 Å². The maximum atomic E-state index is 10.7. The van der Waals surface area contributed by atoms with E-state index in [1.807, 2.05) is 0 Å². The Labute approximate surface area is 79.1 Å². The van der Waals surface area contributed by atoms with Crippen LogP contribution in [0.2, 0.25) is 0 Å². The van der Waals surface area contributed by atoms with Crippen LogP contribution in [0.3, 0.4) is 0 Å². The molecule has 2 fully saturated rings. The Morgan fingerprint density at radius 3 is 2.69 bits per heavy atom. The summed E-state index contributed by atoms with van der Waals surface area (Å²) in [6.45, 7) is 2.08. The van der Waals surface area contributed by atoms with Gasteiger partial charge < -0.3 is 11.1 Å². The van der Waals surface area contributed by atoms with E-state index in [9.17, 15) is 4.79 Å². The van der Waals surface area contributed by atoms with Gasteiger partial charge in [0.05, 0.1) is 0 Å². The van der Waals surface area contributed by atoms with Crippen molar-refractivity contribution in [1.82, 2.24) is 5.32 Å². The fourth-order valence-corrected chi connectivity index (χ4v) is 3.24. The monoisotopic (exact) mass is 182 g/mol. The molecule has 2 aliphatic rings. The highest BCUT2D eigenvalue weighted by Gasteiger charge is 2.41. The average molecular weight is 182 g/mol. The minimum absolute atomic E-state index is 0.271. The molecule has 4 unspecified atom stereocenters. The second-order valence-corrected chi connectivity index (χ2v) is 4.64. The number of hydrogen-bond acceptors (Lipinski definition) is 1. The standard InChI is InChI=1S/C10H18N2O/c1-6(12-10(11)13)9-5-7-2-3-8(9)4-7/h6-9H,2-5H2,1H3,(H3,11,12,13). The SMILES string of the molecule is CC(NC(N)=O)C1CC2CCC1C2. The van der Waals surface area contributed by atoms with Crippen molar-refractivity contribution < 1.29 is 4.79 Å². The van der Waals surface area contributed by atoms with Gasteiger partial charge in [0.15, 0.2) is 0 Å². The molecule has 2 saturated carbocycles. The molecule has 0 aromatic heterocycles. The number of fused-ring (bicyclic) bond motifs is 2. The number of carbonyl (C=O) groups excluding carboxylic acids is 1. The Morgan fingerprint density at radius 2 is 2.23 bits per heavy atom. The molecule has 13 heavy (non-hydrogen) atoms. The maximum absolute atomic E-state index is 10.7. The van der Waals surface area contributed by atoms with Crippen molar-refractivity contribution in [2.24, 2.45) is 23.5 Å². The van der Waals surface area contributed by atoms with Crippen LogP contribution in [0.25, 0.3) is 0 Å². The highest BCUT2D eigenvalue weighted by molar-refractivity contribution is 5.71. The van der Waals surface area contributed by atoms with Crippen LogP contribution in [0.15, 0.2) is 0 Å². The molecule has 4 atom stereocenters. The smallest absolute Gasteiger partial charge is 0.312 e. The number of urea groups is 1. The Morgan fingerprint density at radius 1 is 1.46 bits per heavy atom. The third-order valence-electron chi connectivity index (χ3n) is 3.80.